The summed E-state index contributed by atoms with van der Waals surface area (Å²) in [5, 5.41) is 0. The third-order valence-electron chi connectivity index (χ3n) is 5.05. The first kappa shape index (κ1) is 13.4. The van der Waals surface area contributed by atoms with Gasteiger partial charge in [0, 0.05) is 5.92 Å². The van der Waals surface area contributed by atoms with Gasteiger partial charge in [-0.2, -0.15) is 0 Å². The normalized spacial score (nSPS) is 35.2. The minimum Gasteiger partial charge on any atom is -0.378 e. The van der Waals surface area contributed by atoms with Gasteiger partial charge >= 0.3 is 0 Å². The molecule has 0 N–H and O–H groups in total. The van der Waals surface area contributed by atoms with Crippen LogP contribution in [0.1, 0.15) is 58.3 Å². The van der Waals surface area contributed by atoms with Crippen molar-refractivity contribution >= 4 is 0 Å². The molecule has 1 nitrogen and oxygen atoms in total. The number of rotatable bonds is 5. The Labute approximate surface area is 118 Å². The maximum Gasteiger partial charge on any atom is 0.0575 e. The van der Waals surface area contributed by atoms with E-state index in [4.69, 9.17) is 4.74 Å². The summed E-state index contributed by atoms with van der Waals surface area (Å²) < 4.78 is 6.06. The zero-order chi connectivity index (χ0) is 13.1. The smallest absolute Gasteiger partial charge is 0.0575 e. The van der Waals surface area contributed by atoms with Crippen molar-refractivity contribution in [2.75, 3.05) is 6.61 Å². The number of ether oxygens (including phenoxy) is 1. The summed E-state index contributed by atoms with van der Waals surface area (Å²) in [6.07, 6.45) is 18.5. The standard InChI is InChI=1S/C18H28O/c1-14-6-7-15(10-14)11-16-8-9-17(12-16)13-19-18-4-2-3-5-18/h7-9,14,16-18H,2-6,10-13H2,1H3. The Balaban J connectivity index is 1.37. The highest BCUT2D eigenvalue weighted by atomic mass is 16.5. The first-order valence-electron chi connectivity index (χ1n) is 8.27. The minimum atomic E-state index is 0.575. The van der Waals surface area contributed by atoms with Crippen molar-refractivity contribution in [3.63, 3.8) is 0 Å². The Bertz CT molecular complexity index is 349. The molecule has 3 rings (SSSR count). The van der Waals surface area contributed by atoms with E-state index in [0.717, 1.165) is 18.4 Å². The third kappa shape index (κ3) is 3.72. The first-order chi connectivity index (χ1) is 9.29. The van der Waals surface area contributed by atoms with Gasteiger partial charge in [-0.15, -0.1) is 0 Å². The molecule has 0 aromatic heterocycles. The molecule has 0 bridgehead atoms. The zero-order valence-corrected chi connectivity index (χ0v) is 12.3. The molecule has 19 heavy (non-hydrogen) atoms. The molecular weight excluding hydrogens is 232 g/mol. The van der Waals surface area contributed by atoms with Crippen LogP contribution in [0.5, 0.6) is 0 Å². The summed E-state index contributed by atoms with van der Waals surface area (Å²) in [4.78, 5) is 0. The van der Waals surface area contributed by atoms with Crippen molar-refractivity contribution in [2.24, 2.45) is 17.8 Å². The highest BCUT2D eigenvalue weighted by Gasteiger charge is 2.23. The molecule has 3 aliphatic carbocycles. The van der Waals surface area contributed by atoms with E-state index in [2.05, 4.69) is 25.2 Å². The molecule has 3 unspecified atom stereocenters. The lowest BCUT2D eigenvalue weighted by Crippen LogP contribution is -2.14. The van der Waals surface area contributed by atoms with Gasteiger partial charge in [0.05, 0.1) is 12.7 Å². The second-order valence-corrected chi connectivity index (χ2v) is 6.99. The molecule has 0 radical (unpaired) electrons. The van der Waals surface area contributed by atoms with Crippen molar-refractivity contribution in [3.05, 3.63) is 23.8 Å². The fourth-order valence-corrected chi connectivity index (χ4v) is 3.94. The third-order valence-corrected chi connectivity index (χ3v) is 5.05. The van der Waals surface area contributed by atoms with Crippen LogP contribution < -0.4 is 0 Å². The Morgan fingerprint density at radius 2 is 1.95 bits per heavy atom. The quantitative estimate of drug-likeness (QED) is 0.640. The monoisotopic (exact) mass is 260 g/mol. The van der Waals surface area contributed by atoms with Crippen LogP contribution in [0.15, 0.2) is 23.8 Å². The van der Waals surface area contributed by atoms with Crippen LogP contribution in [0.25, 0.3) is 0 Å². The van der Waals surface area contributed by atoms with E-state index in [1.54, 1.807) is 5.57 Å². The molecule has 1 fully saturated rings. The average molecular weight is 260 g/mol. The Morgan fingerprint density at radius 3 is 2.68 bits per heavy atom. The lowest BCUT2D eigenvalue weighted by atomic mass is 9.95. The summed E-state index contributed by atoms with van der Waals surface area (Å²) >= 11 is 0. The molecule has 0 heterocycles. The van der Waals surface area contributed by atoms with Crippen LogP contribution in [0, 0.1) is 17.8 Å². The SMILES string of the molecule is CC1CC=C(CC2C=CC(COC3CCCC3)C2)C1. The van der Waals surface area contributed by atoms with Crippen LogP contribution in [0.2, 0.25) is 0 Å². The Kier molecular flexibility index (Phi) is 4.42. The fourth-order valence-electron chi connectivity index (χ4n) is 3.94. The van der Waals surface area contributed by atoms with Crippen LogP contribution in [0.4, 0.5) is 0 Å². The molecule has 106 valence electrons. The van der Waals surface area contributed by atoms with Crippen LogP contribution in [0.3, 0.4) is 0 Å². The maximum atomic E-state index is 6.06. The second-order valence-electron chi connectivity index (χ2n) is 6.99. The van der Waals surface area contributed by atoms with E-state index in [1.807, 2.05) is 0 Å². The van der Waals surface area contributed by atoms with Crippen LogP contribution in [-0.4, -0.2) is 12.7 Å². The number of allylic oxidation sites excluding steroid dienone is 3. The molecule has 1 heteroatoms. The molecule has 0 spiro atoms. The van der Waals surface area contributed by atoms with E-state index in [9.17, 15) is 0 Å². The van der Waals surface area contributed by atoms with Gasteiger partial charge in [-0.3, -0.25) is 0 Å². The van der Waals surface area contributed by atoms with Crippen molar-refractivity contribution in [3.8, 4) is 0 Å². The van der Waals surface area contributed by atoms with Gasteiger partial charge in [0.1, 0.15) is 0 Å². The summed E-state index contributed by atoms with van der Waals surface area (Å²) in [5.74, 6) is 2.36. The highest BCUT2D eigenvalue weighted by Crippen LogP contribution is 2.35. The van der Waals surface area contributed by atoms with E-state index >= 15 is 0 Å². The summed E-state index contributed by atoms with van der Waals surface area (Å²) in [5.41, 5.74) is 1.71. The van der Waals surface area contributed by atoms with Crippen LogP contribution >= 0.6 is 0 Å². The van der Waals surface area contributed by atoms with Gasteiger partial charge in [-0.1, -0.05) is 43.6 Å². The maximum absolute atomic E-state index is 6.06. The molecule has 0 amide bonds. The molecule has 3 aliphatic rings. The van der Waals surface area contributed by atoms with E-state index in [1.165, 1.54) is 51.4 Å². The predicted octanol–water partition coefficient (Wildman–Crippen LogP) is 4.88. The van der Waals surface area contributed by atoms with Gasteiger partial charge in [0.2, 0.25) is 0 Å². The number of hydrogen-bond acceptors (Lipinski definition) is 1. The fraction of sp³-hybridized carbons (Fsp3) is 0.778. The van der Waals surface area contributed by atoms with Crippen molar-refractivity contribution in [1.82, 2.24) is 0 Å². The predicted molar refractivity (Wildman–Crippen MR) is 80.0 cm³/mol. The number of hydrogen-bond donors (Lipinski definition) is 0. The first-order valence-corrected chi connectivity index (χ1v) is 8.27. The zero-order valence-electron chi connectivity index (χ0n) is 12.3. The van der Waals surface area contributed by atoms with E-state index in [-0.39, 0.29) is 0 Å². The minimum absolute atomic E-state index is 0.575. The van der Waals surface area contributed by atoms with Gasteiger partial charge in [0.15, 0.2) is 0 Å². The molecule has 1 saturated carbocycles. The molecule has 0 aromatic carbocycles. The Hall–Kier alpha value is -0.560. The largest absolute Gasteiger partial charge is 0.378 e. The summed E-state index contributed by atoms with van der Waals surface area (Å²) in [6.45, 7) is 3.33. The van der Waals surface area contributed by atoms with Crippen molar-refractivity contribution < 1.29 is 4.74 Å². The van der Waals surface area contributed by atoms with Crippen molar-refractivity contribution in [2.45, 2.75) is 64.4 Å². The average Bonchev–Trinajstić information content (AvgIpc) is 3.10. The van der Waals surface area contributed by atoms with Crippen molar-refractivity contribution in [1.29, 1.82) is 0 Å². The van der Waals surface area contributed by atoms with Gasteiger partial charge in [0.25, 0.3) is 0 Å². The molecule has 3 atom stereocenters. The molecule has 0 aliphatic heterocycles. The summed E-state index contributed by atoms with van der Waals surface area (Å²) in [7, 11) is 0. The Morgan fingerprint density at radius 1 is 1.16 bits per heavy atom. The van der Waals surface area contributed by atoms with Gasteiger partial charge < -0.3 is 4.74 Å². The second kappa shape index (κ2) is 6.26. The molecule has 0 saturated heterocycles. The highest BCUT2D eigenvalue weighted by molar-refractivity contribution is 5.14. The van der Waals surface area contributed by atoms with Gasteiger partial charge in [-0.25, -0.2) is 0 Å². The lowest BCUT2D eigenvalue weighted by molar-refractivity contribution is 0.0411. The molecule has 0 aromatic rings. The van der Waals surface area contributed by atoms with E-state index < -0.39 is 0 Å². The van der Waals surface area contributed by atoms with Gasteiger partial charge in [-0.05, 0) is 50.4 Å². The van der Waals surface area contributed by atoms with E-state index in [0.29, 0.717) is 12.0 Å². The topological polar surface area (TPSA) is 9.23 Å². The summed E-state index contributed by atoms with van der Waals surface area (Å²) in [6, 6.07) is 0. The molecular formula is C18H28O. The lowest BCUT2D eigenvalue weighted by Gasteiger charge is -2.16. The van der Waals surface area contributed by atoms with Crippen LogP contribution in [-0.2, 0) is 4.74 Å².